The SMILES string of the molecule is Cc1cc2ncn(C(C)CC(C)(N)C(N)=O)c2cc1C. The topological polar surface area (TPSA) is 86.9 Å². The van der Waals surface area contributed by atoms with Gasteiger partial charge in [-0.3, -0.25) is 4.79 Å². The van der Waals surface area contributed by atoms with E-state index in [1.807, 2.05) is 6.92 Å². The van der Waals surface area contributed by atoms with Crippen molar-refractivity contribution in [3.63, 3.8) is 0 Å². The summed E-state index contributed by atoms with van der Waals surface area (Å²) < 4.78 is 2.05. The highest BCUT2D eigenvalue weighted by atomic mass is 16.1. The predicted molar refractivity (Wildman–Crippen MR) is 80.3 cm³/mol. The fourth-order valence-corrected chi connectivity index (χ4v) is 2.45. The van der Waals surface area contributed by atoms with Crippen molar-refractivity contribution >= 4 is 16.9 Å². The zero-order chi connectivity index (χ0) is 15.1. The summed E-state index contributed by atoms with van der Waals surface area (Å²) in [6.45, 7) is 7.83. The van der Waals surface area contributed by atoms with Crippen LogP contribution in [0.4, 0.5) is 0 Å². The molecule has 5 nitrogen and oxygen atoms in total. The number of aromatic nitrogens is 2. The van der Waals surface area contributed by atoms with Crippen molar-refractivity contribution < 1.29 is 4.79 Å². The van der Waals surface area contributed by atoms with E-state index in [2.05, 4.69) is 35.5 Å². The molecule has 1 amide bonds. The molecule has 0 saturated carbocycles. The van der Waals surface area contributed by atoms with Crippen LogP contribution in [0.1, 0.15) is 37.4 Å². The Balaban J connectivity index is 2.38. The van der Waals surface area contributed by atoms with Crippen LogP contribution in [-0.2, 0) is 4.79 Å². The van der Waals surface area contributed by atoms with Gasteiger partial charge in [-0.15, -0.1) is 0 Å². The smallest absolute Gasteiger partial charge is 0.237 e. The molecule has 0 saturated heterocycles. The van der Waals surface area contributed by atoms with Crippen LogP contribution in [0.3, 0.4) is 0 Å². The summed E-state index contributed by atoms with van der Waals surface area (Å²) >= 11 is 0. The molecule has 2 aromatic rings. The number of amides is 1. The standard InChI is InChI=1S/C15H22N4O/c1-9-5-12-13(6-10(9)2)19(8-18-12)11(3)7-15(4,17)14(16)20/h5-6,8,11H,7,17H2,1-4H3,(H2,16,20). The lowest BCUT2D eigenvalue weighted by Gasteiger charge is -2.25. The summed E-state index contributed by atoms with van der Waals surface area (Å²) in [5, 5.41) is 0. The van der Waals surface area contributed by atoms with Crippen molar-refractivity contribution in [1.29, 1.82) is 0 Å². The monoisotopic (exact) mass is 274 g/mol. The first-order chi connectivity index (χ1) is 9.22. The summed E-state index contributed by atoms with van der Waals surface area (Å²) in [6, 6.07) is 4.24. The second-order valence-corrected chi connectivity index (χ2v) is 5.91. The maximum absolute atomic E-state index is 11.4. The van der Waals surface area contributed by atoms with Gasteiger partial charge in [-0.25, -0.2) is 4.98 Å². The van der Waals surface area contributed by atoms with Gasteiger partial charge in [0.2, 0.25) is 5.91 Å². The van der Waals surface area contributed by atoms with E-state index in [0.29, 0.717) is 6.42 Å². The summed E-state index contributed by atoms with van der Waals surface area (Å²) in [4.78, 5) is 15.8. The Bertz CT molecular complexity index is 657. The number of rotatable bonds is 4. The maximum Gasteiger partial charge on any atom is 0.237 e. The summed E-state index contributed by atoms with van der Waals surface area (Å²) in [5.41, 5.74) is 14.7. The molecule has 20 heavy (non-hydrogen) atoms. The number of nitrogens with two attached hydrogens (primary N) is 2. The molecule has 0 fully saturated rings. The first-order valence-electron chi connectivity index (χ1n) is 6.75. The molecule has 2 atom stereocenters. The summed E-state index contributed by atoms with van der Waals surface area (Å²) in [6.07, 6.45) is 2.27. The predicted octanol–water partition coefficient (Wildman–Crippen LogP) is 1.81. The van der Waals surface area contributed by atoms with Crippen LogP contribution in [0, 0.1) is 13.8 Å². The Morgan fingerprint density at radius 3 is 2.60 bits per heavy atom. The minimum Gasteiger partial charge on any atom is -0.368 e. The van der Waals surface area contributed by atoms with Crippen LogP contribution in [0.25, 0.3) is 11.0 Å². The van der Waals surface area contributed by atoms with Gasteiger partial charge in [0.1, 0.15) is 0 Å². The number of hydrogen-bond acceptors (Lipinski definition) is 3. The molecule has 2 rings (SSSR count). The summed E-state index contributed by atoms with van der Waals surface area (Å²) in [5.74, 6) is -0.485. The van der Waals surface area contributed by atoms with Gasteiger partial charge in [-0.2, -0.15) is 0 Å². The van der Waals surface area contributed by atoms with Gasteiger partial charge < -0.3 is 16.0 Å². The first kappa shape index (κ1) is 14.5. The highest BCUT2D eigenvalue weighted by Crippen LogP contribution is 2.25. The van der Waals surface area contributed by atoms with Gasteiger partial charge in [-0.05, 0) is 57.4 Å². The third kappa shape index (κ3) is 2.54. The third-order valence-corrected chi connectivity index (χ3v) is 3.95. The number of primary amides is 1. The average Bonchev–Trinajstić information content (AvgIpc) is 2.72. The molecule has 0 aliphatic rings. The Morgan fingerprint density at radius 1 is 1.40 bits per heavy atom. The quantitative estimate of drug-likeness (QED) is 0.891. The second kappa shape index (κ2) is 4.90. The number of fused-ring (bicyclic) bond motifs is 1. The molecule has 0 aliphatic heterocycles. The largest absolute Gasteiger partial charge is 0.368 e. The number of imidazole rings is 1. The van der Waals surface area contributed by atoms with Gasteiger partial charge in [-0.1, -0.05) is 0 Å². The van der Waals surface area contributed by atoms with E-state index >= 15 is 0 Å². The van der Waals surface area contributed by atoms with Gasteiger partial charge in [0, 0.05) is 6.04 Å². The molecule has 1 aromatic heterocycles. The number of nitrogens with zero attached hydrogens (tertiary/aromatic N) is 2. The van der Waals surface area contributed by atoms with Crippen molar-refractivity contribution in [2.45, 2.75) is 45.7 Å². The van der Waals surface area contributed by atoms with Gasteiger partial charge in [0.15, 0.2) is 0 Å². The van der Waals surface area contributed by atoms with E-state index in [1.165, 1.54) is 11.1 Å². The fourth-order valence-electron chi connectivity index (χ4n) is 2.45. The van der Waals surface area contributed by atoms with Crippen LogP contribution in [0.2, 0.25) is 0 Å². The van der Waals surface area contributed by atoms with Crippen LogP contribution < -0.4 is 11.5 Å². The number of carbonyl (C=O) groups is 1. The number of carbonyl (C=O) groups excluding carboxylic acids is 1. The lowest BCUT2D eigenvalue weighted by Crippen LogP contribution is -2.50. The summed E-state index contributed by atoms with van der Waals surface area (Å²) in [7, 11) is 0. The zero-order valence-corrected chi connectivity index (χ0v) is 12.5. The van der Waals surface area contributed by atoms with Crippen LogP contribution in [0.5, 0.6) is 0 Å². The van der Waals surface area contributed by atoms with Gasteiger partial charge >= 0.3 is 0 Å². The van der Waals surface area contributed by atoms with Crippen molar-refractivity contribution in [1.82, 2.24) is 9.55 Å². The average molecular weight is 274 g/mol. The molecule has 0 aliphatic carbocycles. The molecular weight excluding hydrogens is 252 g/mol. The molecule has 4 N–H and O–H groups in total. The molecule has 1 aromatic carbocycles. The van der Waals surface area contributed by atoms with Gasteiger partial charge in [0.25, 0.3) is 0 Å². The van der Waals surface area contributed by atoms with Crippen molar-refractivity contribution in [2.24, 2.45) is 11.5 Å². The van der Waals surface area contributed by atoms with Crippen LogP contribution in [-0.4, -0.2) is 21.0 Å². The highest BCUT2D eigenvalue weighted by molar-refractivity contribution is 5.84. The Labute approximate surface area is 119 Å². The minimum atomic E-state index is -1.02. The number of benzene rings is 1. The van der Waals surface area contributed by atoms with Crippen molar-refractivity contribution in [2.75, 3.05) is 0 Å². The van der Waals surface area contributed by atoms with E-state index in [4.69, 9.17) is 11.5 Å². The lowest BCUT2D eigenvalue weighted by molar-refractivity contribution is -0.123. The zero-order valence-electron chi connectivity index (χ0n) is 12.5. The molecule has 2 unspecified atom stereocenters. The number of hydrogen-bond donors (Lipinski definition) is 2. The van der Waals surface area contributed by atoms with Gasteiger partial charge in [0.05, 0.1) is 22.9 Å². The van der Waals surface area contributed by atoms with E-state index in [9.17, 15) is 4.79 Å². The maximum atomic E-state index is 11.4. The molecule has 5 heteroatoms. The second-order valence-electron chi connectivity index (χ2n) is 5.91. The Kier molecular flexibility index (Phi) is 3.56. The molecule has 108 valence electrons. The number of aryl methyl sites for hydroxylation is 2. The lowest BCUT2D eigenvalue weighted by atomic mass is 9.94. The Hall–Kier alpha value is -1.88. The minimum absolute atomic E-state index is 0.0459. The van der Waals surface area contributed by atoms with E-state index in [-0.39, 0.29) is 6.04 Å². The Morgan fingerprint density at radius 2 is 2.00 bits per heavy atom. The third-order valence-electron chi connectivity index (χ3n) is 3.95. The fraction of sp³-hybridized carbons (Fsp3) is 0.467. The van der Waals surface area contributed by atoms with E-state index in [1.54, 1.807) is 13.3 Å². The molecule has 0 radical (unpaired) electrons. The van der Waals surface area contributed by atoms with E-state index in [0.717, 1.165) is 11.0 Å². The van der Waals surface area contributed by atoms with E-state index < -0.39 is 11.4 Å². The van der Waals surface area contributed by atoms with Crippen molar-refractivity contribution in [3.05, 3.63) is 29.6 Å². The first-order valence-corrected chi connectivity index (χ1v) is 6.75. The highest BCUT2D eigenvalue weighted by Gasteiger charge is 2.29. The van der Waals surface area contributed by atoms with Crippen LogP contribution in [0.15, 0.2) is 18.5 Å². The van der Waals surface area contributed by atoms with Crippen LogP contribution >= 0.6 is 0 Å². The molecule has 0 bridgehead atoms. The molecule has 1 heterocycles. The van der Waals surface area contributed by atoms with Crippen molar-refractivity contribution in [3.8, 4) is 0 Å². The normalized spacial score (nSPS) is 16.1. The molecular formula is C15H22N4O. The molecule has 0 spiro atoms.